The molecule has 0 N–H and O–H groups in total. The fourth-order valence-electron chi connectivity index (χ4n) is 2.71. The molecule has 25 heavy (non-hydrogen) atoms. The summed E-state index contributed by atoms with van der Waals surface area (Å²) in [5.41, 5.74) is 0.311. The maximum atomic E-state index is 14.5. The van der Waals surface area contributed by atoms with Crippen LogP contribution in [0.1, 0.15) is 24.2 Å². The molecule has 9 heteroatoms. The Morgan fingerprint density at radius 2 is 1.84 bits per heavy atom. The van der Waals surface area contributed by atoms with Gasteiger partial charge in [0.05, 0.1) is 30.9 Å². The summed E-state index contributed by atoms with van der Waals surface area (Å²) in [5.74, 6) is -0.654. The van der Waals surface area contributed by atoms with E-state index in [-0.39, 0.29) is 19.4 Å². The highest BCUT2D eigenvalue weighted by molar-refractivity contribution is 7.53. The fraction of sp³-hybridized carbons (Fsp3) is 0.562. The molecule has 0 aromatic heterocycles. The van der Waals surface area contributed by atoms with Crippen LogP contribution in [0.15, 0.2) is 30.3 Å². The van der Waals surface area contributed by atoms with E-state index in [0.29, 0.717) is 5.56 Å². The van der Waals surface area contributed by atoms with Crippen molar-refractivity contribution in [1.29, 1.82) is 0 Å². The van der Waals surface area contributed by atoms with Crippen LogP contribution in [0, 0.1) is 0 Å². The third-order valence-corrected chi connectivity index (χ3v) is 5.94. The molecule has 0 bridgehead atoms. The van der Waals surface area contributed by atoms with Crippen LogP contribution in [-0.2, 0) is 23.1 Å². The van der Waals surface area contributed by atoms with Gasteiger partial charge in [-0.3, -0.25) is 4.57 Å². The van der Waals surface area contributed by atoms with E-state index in [1.165, 1.54) is 0 Å². The van der Waals surface area contributed by atoms with Crippen LogP contribution in [0.4, 0.5) is 4.39 Å². The zero-order chi connectivity index (χ0) is 18.4. The van der Waals surface area contributed by atoms with Crippen molar-refractivity contribution >= 4 is 21.4 Å². The predicted octanol–water partition coefficient (Wildman–Crippen LogP) is 2.17. The van der Waals surface area contributed by atoms with Gasteiger partial charge in [-0.2, -0.15) is 0 Å². The van der Waals surface area contributed by atoms with Gasteiger partial charge in [-0.25, -0.2) is 9.18 Å². The SMILES string of the molecule is BC1OC(CP(=O)(OCC)OCC)C(OC(=O)c2ccccc2)C1F. The average molecular weight is 372 g/mol. The first-order valence-corrected chi connectivity index (χ1v) is 10.1. The van der Waals surface area contributed by atoms with Gasteiger partial charge >= 0.3 is 13.6 Å². The number of hydrogen-bond donors (Lipinski definition) is 0. The summed E-state index contributed by atoms with van der Waals surface area (Å²) in [6.45, 7) is 3.75. The van der Waals surface area contributed by atoms with E-state index >= 15 is 0 Å². The highest BCUT2D eigenvalue weighted by Crippen LogP contribution is 2.50. The van der Waals surface area contributed by atoms with E-state index < -0.39 is 37.9 Å². The molecule has 1 aromatic rings. The molecule has 0 aliphatic carbocycles. The number of benzene rings is 1. The van der Waals surface area contributed by atoms with Gasteiger partial charge in [0.15, 0.2) is 12.3 Å². The quantitative estimate of drug-likeness (QED) is 0.396. The second-order valence-corrected chi connectivity index (χ2v) is 7.79. The molecule has 1 fully saturated rings. The van der Waals surface area contributed by atoms with Crippen LogP contribution in [0.5, 0.6) is 0 Å². The van der Waals surface area contributed by atoms with Gasteiger partial charge < -0.3 is 18.5 Å². The van der Waals surface area contributed by atoms with Crippen molar-refractivity contribution in [2.75, 3.05) is 19.4 Å². The van der Waals surface area contributed by atoms with E-state index in [1.54, 1.807) is 52.0 Å². The normalized spacial score (nSPS) is 26.5. The third kappa shape index (κ3) is 5.14. The molecule has 1 heterocycles. The molecule has 0 spiro atoms. The first-order valence-electron chi connectivity index (χ1n) is 8.34. The van der Waals surface area contributed by atoms with Crippen LogP contribution in [0.3, 0.4) is 0 Å². The van der Waals surface area contributed by atoms with Crippen molar-refractivity contribution in [3.8, 4) is 0 Å². The Kier molecular flexibility index (Phi) is 7.19. The maximum absolute atomic E-state index is 14.5. The van der Waals surface area contributed by atoms with E-state index in [4.69, 9.17) is 18.5 Å². The Morgan fingerprint density at radius 1 is 1.24 bits per heavy atom. The summed E-state index contributed by atoms with van der Waals surface area (Å²) in [4.78, 5) is 12.2. The van der Waals surface area contributed by atoms with Crippen LogP contribution < -0.4 is 0 Å². The molecule has 0 amide bonds. The molecule has 0 saturated carbocycles. The van der Waals surface area contributed by atoms with Crippen molar-refractivity contribution in [3.05, 3.63) is 35.9 Å². The first kappa shape index (κ1) is 20.1. The predicted molar refractivity (Wildman–Crippen MR) is 93.5 cm³/mol. The fourth-order valence-corrected chi connectivity index (χ4v) is 4.52. The van der Waals surface area contributed by atoms with Gasteiger partial charge in [-0.15, -0.1) is 0 Å². The molecule has 6 nitrogen and oxygen atoms in total. The van der Waals surface area contributed by atoms with E-state index in [0.717, 1.165) is 0 Å². The minimum atomic E-state index is -3.46. The van der Waals surface area contributed by atoms with Crippen LogP contribution in [0.2, 0.25) is 0 Å². The Hall–Kier alpha value is -1.21. The van der Waals surface area contributed by atoms with Gasteiger partial charge in [0.2, 0.25) is 0 Å². The lowest BCUT2D eigenvalue weighted by Crippen LogP contribution is -2.36. The largest absolute Gasteiger partial charge is 0.453 e. The van der Waals surface area contributed by atoms with Crippen molar-refractivity contribution in [1.82, 2.24) is 0 Å². The molecule has 4 atom stereocenters. The van der Waals surface area contributed by atoms with Crippen LogP contribution >= 0.6 is 7.60 Å². The van der Waals surface area contributed by atoms with Gasteiger partial charge in [-0.05, 0) is 26.0 Å². The summed E-state index contributed by atoms with van der Waals surface area (Å²) in [6, 6.07) is 7.51. The molecule has 1 aliphatic heterocycles. The van der Waals surface area contributed by atoms with Crippen molar-refractivity contribution in [2.45, 2.75) is 38.2 Å². The number of halogens is 1. The smallest absolute Gasteiger partial charge is 0.338 e. The second-order valence-electron chi connectivity index (χ2n) is 5.69. The molecule has 0 radical (unpaired) electrons. The first-order chi connectivity index (χ1) is 11.9. The zero-order valence-corrected chi connectivity index (χ0v) is 15.5. The van der Waals surface area contributed by atoms with Gasteiger partial charge in [-0.1, -0.05) is 18.2 Å². The number of carbonyl (C=O) groups is 1. The number of carbonyl (C=O) groups excluding carboxylic acids is 1. The summed E-state index contributed by atoms with van der Waals surface area (Å²) >= 11 is 0. The van der Waals surface area contributed by atoms with Gasteiger partial charge in [0, 0.05) is 0 Å². The highest BCUT2D eigenvalue weighted by Gasteiger charge is 2.48. The Labute approximate surface area is 147 Å². The minimum absolute atomic E-state index is 0.174. The lowest BCUT2D eigenvalue weighted by molar-refractivity contribution is -0.00400. The summed E-state index contributed by atoms with van der Waals surface area (Å²) in [6.07, 6.45) is -3.76. The number of alkyl halides is 1. The summed E-state index contributed by atoms with van der Waals surface area (Å²) in [7, 11) is -1.92. The molecule has 1 aliphatic rings. The lowest BCUT2D eigenvalue weighted by atomic mass is 9.94. The van der Waals surface area contributed by atoms with E-state index in [1.807, 2.05) is 0 Å². The molecule has 1 aromatic carbocycles. The molecule has 1 saturated heterocycles. The second kappa shape index (κ2) is 8.94. The molecular weight excluding hydrogens is 349 g/mol. The third-order valence-electron chi connectivity index (χ3n) is 3.83. The standard InChI is InChI=1S/C16H23BFO6P/c1-3-21-25(20,22-4-2)10-12-14(13(18)15(17)23-12)24-16(19)11-8-6-5-7-9-11/h5-9,12-15H,3-4,10,17H2,1-2H3. The molecular formula is C16H23BFO6P. The maximum Gasteiger partial charge on any atom is 0.338 e. The van der Waals surface area contributed by atoms with E-state index in [2.05, 4.69) is 0 Å². The topological polar surface area (TPSA) is 71.1 Å². The van der Waals surface area contributed by atoms with Gasteiger partial charge in [0.1, 0.15) is 14.0 Å². The van der Waals surface area contributed by atoms with Crippen molar-refractivity contribution < 1.29 is 32.3 Å². The number of ether oxygens (including phenoxy) is 2. The Morgan fingerprint density at radius 3 is 2.40 bits per heavy atom. The highest BCUT2D eigenvalue weighted by atomic mass is 31.2. The molecule has 138 valence electrons. The monoisotopic (exact) mass is 372 g/mol. The van der Waals surface area contributed by atoms with Crippen molar-refractivity contribution in [3.63, 3.8) is 0 Å². The Bertz CT molecular complexity index is 606. The zero-order valence-electron chi connectivity index (χ0n) is 14.6. The Balaban J connectivity index is 2.13. The number of esters is 1. The molecule has 2 rings (SSSR count). The summed E-state index contributed by atoms with van der Waals surface area (Å²) in [5, 5.41) is 0. The van der Waals surface area contributed by atoms with Crippen molar-refractivity contribution in [2.24, 2.45) is 0 Å². The van der Waals surface area contributed by atoms with Gasteiger partial charge in [0.25, 0.3) is 0 Å². The molecule has 4 unspecified atom stereocenters. The number of hydrogen-bond acceptors (Lipinski definition) is 6. The number of rotatable bonds is 8. The summed E-state index contributed by atoms with van der Waals surface area (Å²) < 4.78 is 48.5. The van der Waals surface area contributed by atoms with Crippen LogP contribution in [0.25, 0.3) is 0 Å². The minimum Gasteiger partial charge on any atom is -0.453 e. The van der Waals surface area contributed by atoms with E-state index in [9.17, 15) is 13.8 Å². The lowest BCUT2D eigenvalue weighted by Gasteiger charge is -2.24. The average Bonchev–Trinajstić information content (AvgIpc) is 2.83. The van der Waals surface area contributed by atoms with Crippen LogP contribution in [-0.4, -0.2) is 57.6 Å².